The van der Waals surface area contributed by atoms with E-state index in [9.17, 15) is 14.4 Å². The highest BCUT2D eigenvalue weighted by atomic mass is 35.5. The van der Waals surface area contributed by atoms with Crippen molar-refractivity contribution in [1.29, 1.82) is 0 Å². The van der Waals surface area contributed by atoms with Crippen LogP contribution in [0.2, 0.25) is 5.02 Å². The second-order valence-electron chi connectivity index (χ2n) is 6.22. The van der Waals surface area contributed by atoms with Crippen LogP contribution in [-0.2, 0) is 16.1 Å². The van der Waals surface area contributed by atoms with Crippen LogP contribution in [0.5, 0.6) is 5.75 Å². The van der Waals surface area contributed by atoms with Gasteiger partial charge in [0.1, 0.15) is 17.9 Å². The Labute approximate surface area is 165 Å². The molecule has 144 valence electrons. The van der Waals surface area contributed by atoms with Crippen LogP contribution in [-0.4, -0.2) is 18.4 Å². The average molecular weight is 401 g/mol. The van der Waals surface area contributed by atoms with E-state index < -0.39 is 11.6 Å². The molecule has 0 saturated heterocycles. The fraction of sp³-hybridized carbons (Fsp3) is 0.190. The molecule has 28 heavy (non-hydrogen) atoms. The molecule has 0 aliphatic rings. The number of carbonyl (C=O) groups excluding carboxylic acids is 2. The van der Waals surface area contributed by atoms with E-state index in [2.05, 4.69) is 0 Å². The quantitative estimate of drug-likeness (QED) is 0.352. The van der Waals surface area contributed by atoms with Crippen LogP contribution in [0.4, 0.5) is 0 Å². The molecule has 3 rings (SSSR count). The molecule has 0 spiro atoms. The second-order valence-corrected chi connectivity index (χ2v) is 6.63. The molecular weight excluding hydrogens is 384 g/mol. The molecule has 0 saturated carbocycles. The van der Waals surface area contributed by atoms with E-state index in [1.54, 1.807) is 43.3 Å². The smallest absolute Gasteiger partial charge is 0.344 e. The highest BCUT2D eigenvalue weighted by molar-refractivity contribution is 6.32. The molecule has 1 heterocycles. The highest BCUT2D eigenvalue weighted by Gasteiger charge is 2.11. The van der Waals surface area contributed by atoms with Crippen LogP contribution >= 0.6 is 11.6 Å². The van der Waals surface area contributed by atoms with Crippen molar-refractivity contribution in [2.75, 3.05) is 6.61 Å². The van der Waals surface area contributed by atoms with Crippen molar-refractivity contribution in [1.82, 2.24) is 0 Å². The van der Waals surface area contributed by atoms with Crippen molar-refractivity contribution < 1.29 is 23.5 Å². The van der Waals surface area contributed by atoms with Crippen molar-refractivity contribution in [3.05, 3.63) is 74.6 Å². The van der Waals surface area contributed by atoms with Crippen molar-refractivity contribution in [3.8, 4) is 5.75 Å². The minimum absolute atomic E-state index is 0.0548. The van der Waals surface area contributed by atoms with Gasteiger partial charge in [-0.25, -0.2) is 9.59 Å². The molecule has 0 N–H and O–H groups in total. The van der Waals surface area contributed by atoms with Crippen LogP contribution in [0.3, 0.4) is 0 Å². The molecule has 0 atom stereocenters. The number of halogens is 1. The summed E-state index contributed by atoms with van der Waals surface area (Å²) in [4.78, 5) is 35.0. The Kier molecular flexibility index (Phi) is 5.80. The van der Waals surface area contributed by atoms with Gasteiger partial charge >= 0.3 is 11.6 Å². The van der Waals surface area contributed by atoms with E-state index in [1.807, 2.05) is 0 Å². The number of hydrogen-bond donors (Lipinski definition) is 0. The lowest BCUT2D eigenvalue weighted by Gasteiger charge is -2.09. The zero-order valence-electron chi connectivity index (χ0n) is 15.3. The number of benzene rings is 2. The third kappa shape index (κ3) is 4.58. The van der Waals surface area contributed by atoms with Crippen LogP contribution < -0.4 is 10.4 Å². The zero-order valence-corrected chi connectivity index (χ0v) is 16.0. The molecule has 0 fully saturated rings. The number of Topliss-reactive ketones (excluding diaryl/α,β-unsaturated/α-hetero) is 1. The first-order valence-electron chi connectivity index (χ1n) is 8.46. The van der Waals surface area contributed by atoms with E-state index in [0.717, 1.165) is 5.56 Å². The fourth-order valence-corrected chi connectivity index (χ4v) is 2.76. The van der Waals surface area contributed by atoms with E-state index in [1.165, 1.54) is 13.0 Å². The molecule has 0 radical (unpaired) electrons. The summed E-state index contributed by atoms with van der Waals surface area (Å²) in [5.41, 5.74) is 1.66. The zero-order chi connectivity index (χ0) is 20.3. The number of ether oxygens (including phenoxy) is 2. The number of fused-ring (bicyclic) bond motifs is 1. The lowest BCUT2D eigenvalue weighted by Crippen LogP contribution is -2.15. The van der Waals surface area contributed by atoms with Crippen molar-refractivity contribution in [2.24, 2.45) is 0 Å². The van der Waals surface area contributed by atoms with E-state index in [4.69, 9.17) is 25.5 Å². The van der Waals surface area contributed by atoms with E-state index in [0.29, 0.717) is 32.9 Å². The summed E-state index contributed by atoms with van der Waals surface area (Å²) in [6.07, 6.45) is 0. The van der Waals surface area contributed by atoms with Crippen molar-refractivity contribution in [2.45, 2.75) is 20.5 Å². The minimum Gasteiger partial charge on any atom is -0.482 e. The van der Waals surface area contributed by atoms with Gasteiger partial charge in [0.15, 0.2) is 12.4 Å². The predicted molar refractivity (Wildman–Crippen MR) is 104 cm³/mol. The Morgan fingerprint density at radius 2 is 1.82 bits per heavy atom. The number of aryl methyl sites for hydroxylation is 1. The molecule has 0 aliphatic carbocycles. The van der Waals surface area contributed by atoms with Gasteiger partial charge in [-0.15, -0.1) is 0 Å². The minimum atomic E-state index is -0.602. The van der Waals surface area contributed by atoms with Gasteiger partial charge in [0.2, 0.25) is 0 Å². The topological polar surface area (TPSA) is 82.8 Å². The van der Waals surface area contributed by atoms with Crippen LogP contribution in [0.15, 0.2) is 51.7 Å². The summed E-state index contributed by atoms with van der Waals surface area (Å²) in [7, 11) is 0. The maximum Gasteiger partial charge on any atom is 0.344 e. The Balaban J connectivity index is 1.65. The van der Waals surface area contributed by atoms with Gasteiger partial charge in [-0.1, -0.05) is 11.6 Å². The van der Waals surface area contributed by atoms with E-state index >= 15 is 0 Å². The molecule has 2 aromatic carbocycles. The van der Waals surface area contributed by atoms with Gasteiger partial charge in [-0.05, 0) is 55.8 Å². The average Bonchev–Trinajstić information content (AvgIpc) is 2.66. The maximum absolute atomic E-state index is 12.0. The molecule has 0 aliphatic heterocycles. The third-order valence-electron chi connectivity index (χ3n) is 4.12. The molecular formula is C21H17ClO6. The summed E-state index contributed by atoms with van der Waals surface area (Å²) in [6, 6.07) is 11.0. The lowest BCUT2D eigenvalue weighted by atomic mass is 10.1. The number of rotatable bonds is 6. The maximum atomic E-state index is 12.0. The standard InChI is InChI=1S/C21H17ClO6/c1-12-7-19-17(9-18(12)22)15(8-20(24)28-19)10-27-21(25)11-26-16-5-3-14(4-6-16)13(2)23/h3-9H,10-11H2,1-2H3. The lowest BCUT2D eigenvalue weighted by molar-refractivity contribution is -0.147. The Morgan fingerprint density at radius 1 is 1.11 bits per heavy atom. The molecule has 0 unspecified atom stereocenters. The summed E-state index contributed by atoms with van der Waals surface area (Å²) < 4.78 is 15.7. The first kappa shape index (κ1) is 19.6. The summed E-state index contributed by atoms with van der Waals surface area (Å²) >= 11 is 6.14. The van der Waals surface area contributed by atoms with Crippen molar-refractivity contribution in [3.63, 3.8) is 0 Å². The molecule has 1 aromatic heterocycles. The van der Waals surface area contributed by atoms with Crippen LogP contribution in [0.1, 0.15) is 28.4 Å². The fourth-order valence-electron chi connectivity index (χ4n) is 2.60. The summed E-state index contributed by atoms with van der Waals surface area (Å²) in [5.74, 6) is -0.217. The van der Waals surface area contributed by atoms with Gasteiger partial charge in [0.05, 0.1) is 0 Å². The molecule has 3 aromatic rings. The highest BCUT2D eigenvalue weighted by Crippen LogP contribution is 2.25. The second kappa shape index (κ2) is 8.27. The first-order chi connectivity index (χ1) is 13.3. The van der Waals surface area contributed by atoms with Crippen LogP contribution in [0.25, 0.3) is 11.0 Å². The third-order valence-corrected chi connectivity index (χ3v) is 4.52. The molecule has 0 bridgehead atoms. The van der Waals surface area contributed by atoms with Crippen LogP contribution in [0, 0.1) is 6.92 Å². The Bertz CT molecular complexity index is 1100. The number of carbonyl (C=O) groups is 2. The van der Waals surface area contributed by atoms with E-state index in [-0.39, 0.29) is 19.0 Å². The number of esters is 1. The summed E-state index contributed by atoms with van der Waals surface area (Å²) in [5, 5.41) is 1.12. The predicted octanol–water partition coefficient (Wildman–Crippen LogP) is 4.08. The molecule has 7 heteroatoms. The van der Waals surface area contributed by atoms with Gasteiger partial charge in [0.25, 0.3) is 0 Å². The summed E-state index contributed by atoms with van der Waals surface area (Å²) in [6.45, 7) is 2.84. The number of hydrogen-bond acceptors (Lipinski definition) is 6. The van der Waals surface area contributed by atoms with Gasteiger partial charge in [-0.3, -0.25) is 4.79 Å². The molecule has 6 nitrogen and oxygen atoms in total. The number of ketones is 1. The Morgan fingerprint density at radius 3 is 2.50 bits per heavy atom. The monoisotopic (exact) mass is 400 g/mol. The van der Waals surface area contributed by atoms with Gasteiger partial charge in [-0.2, -0.15) is 0 Å². The first-order valence-corrected chi connectivity index (χ1v) is 8.83. The van der Waals surface area contributed by atoms with Crippen molar-refractivity contribution >= 4 is 34.3 Å². The largest absolute Gasteiger partial charge is 0.482 e. The van der Waals surface area contributed by atoms with Gasteiger partial charge in [0, 0.05) is 27.6 Å². The normalized spacial score (nSPS) is 10.7. The molecule has 0 amide bonds. The van der Waals surface area contributed by atoms with Gasteiger partial charge < -0.3 is 13.9 Å². The SMILES string of the molecule is CC(=O)c1ccc(OCC(=O)OCc2cc(=O)oc3cc(C)c(Cl)cc23)cc1. The Hall–Kier alpha value is -3.12.